The summed E-state index contributed by atoms with van der Waals surface area (Å²) in [7, 11) is 0. The number of nitriles is 1. The van der Waals surface area contributed by atoms with Crippen molar-refractivity contribution in [1.29, 1.82) is 5.26 Å². The van der Waals surface area contributed by atoms with Gasteiger partial charge >= 0.3 is 0 Å². The van der Waals surface area contributed by atoms with Gasteiger partial charge in [-0.3, -0.25) is 0 Å². The molecule has 3 rings (SSSR count). The van der Waals surface area contributed by atoms with Gasteiger partial charge in [-0.25, -0.2) is 9.97 Å². The summed E-state index contributed by atoms with van der Waals surface area (Å²) < 4.78 is 0. The molecule has 2 aliphatic carbocycles. The van der Waals surface area contributed by atoms with Crippen molar-refractivity contribution in [2.75, 3.05) is 5.32 Å². The minimum absolute atomic E-state index is 0.422. The van der Waals surface area contributed by atoms with E-state index >= 15 is 0 Å². The van der Waals surface area contributed by atoms with Gasteiger partial charge in [-0.15, -0.1) is 0 Å². The second kappa shape index (κ2) is 12.0. The van der Waals surface area contributed by atoms with E-state index in [1.807, 2.05) is 0 Å². The average Bonchev–Trinajstić information content (AvgIpc) is 2.74. The van der Waals surface area contributed by atoms with Gasteiger partial charge in [0.1, 0.15) is 6.07 Å². The van der Waals surface area contributed by atoms with E-state index in [-0.39, 0.29) is 0 Å². The maximum Gasteiger partial charge on any atom is 0.223 e. The van der Waals surface area contributed by atoms with Crippen LogP contribution in [0.25, 0.3) is 0 Å². The third kappa shape index (κ3) is 6.76. The molecule has 28 heavy (non-hydrogen) atoms. The van der Waals surface area contributed by atoms with Gasteiger partial charge in [0.05, 0.1) is 17.5 Å². The Kier molecular flexibility index (Phi) is 9.07. The predicted octanol–water partition coefficient (Wildman–Crippen LogP) is 6.87. The van der Waals surface area contributed by atoms with Gasteiger partial charge in [0, 0.05) is 12.0 Å². The molecule has 0 atom stereocenters. The van der Waals surface area contributed by atoms with E-state index in [9.17, 15) is 5.26 Å². The number of rotatable bonds is 3. The Bertz CT molecular complexity index is 602. The first-order valence-electron chi connectivity index (χ1n) is 11.9. The van der Waals surface area contributed by atoms with Crippen molar-refractivity contribution in [1.82, 2.24) is 9.97 Å². The Labute approximate surface area is 171 Å². The van der Waals surface area contributed by atoms with Crippen LogP contribution in [0, 0.1) is 11.3 Å². The summed E-state index contributed by atoms with van der Waals surface area (Å²) in [5.41, 5.74) is 1.68. The molecule has 0 spiro atoms. The minimum Gasteiger partial charge on any atom is -0.351 e. The zero-order valence-corrected chi connectivity index (χ0v) is 17.6. The number of nitrogens with zero attached hydrogens (tertiary/aromatic N) is 3. The largest absolute Gasteiger partial charge is 0.351 e. The zero-order valence-electron chi connectivity index (χ0n) is 17.6. The monoisotopic (exact) mass is 382 g/mol. The Morgan fingerprint density at radius 3 is 1.79 bits per heavy atom. The fourth-order valence-corrected chi connectivity index (χ4v) is 4.90. The second-order valence-electron chi connectivity index (χ2n) is 8.89. The lowest BCUT2D eigenvalue weighted by Gasteiger charge is -2.22. The molecule has 0 saturated heterocycles. The molecule has 0 aromatic carbocycles. The second-order valence-corrected chi connectivity index (χ2v) is 8.89. The Morgan fingerprint density at radius 2 is 1.25 bits per heavy atom. The highest BCUT2D eigenvalue weighted by atomic mass is 15.1. The number of anilines is 1. The molecule has 0 amide bonds. The highest BCUT2D eigenvalue weighted by Gasteiger charge is 2.20. The summed E-state index contributed by atoms with van der Waals surface area (Å²) in [6.45, 7) is 0. The molecule has 0 unspecified atom stereocenters. The van der Waals surface area contributed by atoms with Gasteiger partial charge in [0.15, 0.2) is 0 Å². The van der Waals surface area contributed by atoms with Crippen LogP contribution in [0.3, 0.4) is 0 Å². The van der Waals surface area contributed by atoms with Gasteiger partial charge in [0.25, 0.3) is 0 Å². The molecular formula is C24H38N4. The third-order valence-corrected chi connectivity index (χ3v) is 6.62. The zero-order chi connectivity index (χ0) is 19.4. The molecule has 4 nitrogen and oxygen atoms in total. The summed E-state index contributed by atoms with van der Waals surface area (Å²) in [6, 6.07) is 2.82. The van der Waals surface area contributed by atoms with Crippen LogP contribution < -0.4 is 5.32 Å². The van der Waals surface area contributed by atoms with Crippen molar-refractivity contribution in [3.8, 4) is 6.07 Å². The average molecular weight is 383 g/mol. The normalized spacial score (nSPS) is 21.7. The molecular weight excluding hydrogens is 344 g/mol. The van der Waals surface area contributed by atoms with E-state index in [0.717, 1.165) is 24.5 Å². The summed E-state index contributed by atoms with van der Waals surface area (Å²) in [5.74, 6) is 1.17. The lowest BCUT2D eigenvalue weighted by atomic mass is 9.87. The first-order valence-corrected chi connectivity index (χ1v) is 11.9. The summed E-state index contributed by atoms with van der Waals surface area (Å²) in [5, 5.41) is 13.2. The maximum absolute atomic E-state index is 9.59. The van der Waals surface area contributed by atoms with Crippen LogP contribution in [0.2, 0.25) is 0 Å². The van der Waals surface area contributed by atoms with Gasteiger partial charge in [-0.2, -0.15) is 5.26 Å². The fraction of sp³-hybridized carbons (Fsp3) is 0.792. The molecule has 1 aromatic rings. The third-order valence-electron chi connectivity index (χ3n) is 6.62. The van der Waals surface area contributed by atoms with Crippen molar-refractivity contribution in [3.63, 3.8) is 0 Å². The Morgan fingerprint density at radius 1 is 0.750 bits per heavy atom. The smallest absolute Gasteiger partial charge is 0.223 e. The van der Waals surface area contributed by atoms with Crippen LogP contribution in [0.5, 0.6) is 0 Å². The number of aromatic nitrogens is 2. The van der Waals surface area contributed by atoms with Crippen LogP contribution in [-0.2, 0) is 0 Å². The van der Waals surface area contributed by atoms with Crippen LogP contribution in [-0.4, -0.2) is 16.0 Å². The molecule has 0 radical (unpaired) electrons. The molecule has 0 bridgehead atoms. The van der Waals surface area contributed by atoms with Gasteiger partial charge in [0.2, 0.25) is 5.95 Å². The van der Waals surface area contributed by atoms with E-state index in [1.165, 1.54) is 96.3 Å². The molecule has 4 heteroatoms. The van der Waals surface area contributed by atoms with Crippen molar-refractivity contribution >= 4 is 5.95 Å². The highest BCUT2D eigenvalue weighted by molar-refractivity contribution is 5.39. The first-order chi connectivity index (χ1) is 13.9. The highest BCUT2D eigenvalue weighted by Crippen LogP contribution is 2.32. The van der Waals surface area contributed by atoms with Crippen LogP contribution in [0.15, 0.2) is 6.20 Å². The Balaban J connectivity index is 1.69. The Hall–Kier alpha value is -1.63. The van der Waals surface area contributed by atoms with Gasteiger partial charge in [-0.05, 0) is 25.7 Å². The molecule has 1 aromatic heterocycles. The van der Waals surface area contributed by atoms with Crippen molar-refractivity contribution in [2.45, 2.75) is 121 Å². The van der Waals surface area contributed by atoms with Crippen LogP contribution in [0.4, 0.5) is 5.95 Å². The number of nitrogens with one attached hydrogen (secondary N) is 1. The van der Waals surface area contributed by atoms with E-state index in [0.29, 0.717) is 17.5 Å². The summed E-state index contributed by atoms with van der Waals surface area (Å²) in [4.78, 5) is 9.41. The molecule has 2 saturated carbocycles. The van der Waals surface area contributed by atoms with E-state index in [1.54, 1.807) is 6.20 Å². The molecule has 2 fully saturated rings. The van der Waals surface area contributed by atoms with Crippen molar-refractivity contribution < 1.29 is 0 Å². The number of hydrogen-bond donors (Lipinski definition) is 1. The molecule has 1 N–H and O–H groups in total. The van der Waals surface area contributed by atoms with Gasteiger partial charge in [-0.1, -0.05) is 83.5 Å². The maximum atomic E-state index is 9.59. The summed E-state index contributed by atoms with van der Waals surface area (Å²) in [6.07, 6.45) is 23.9. The minimum atomic E-state index is 0.422. The predicted molar refractivity (Wildman–Crippen MR) is 115 cm³/mol. The molecule has 0 aliphatic heterocycles. The summed E-state index contributed by atoms with van der Waals surface area (Å²) >= 11 is 0. The van der Waals surface area contributed by atoms with Crippen molar-refractivity contribution in [2.24, 2.45) is 0 Å². The van der Waals surface area contributed by atoms with E-state index < -0.39 is 0 Å². The van der Waals surface area contributed by atoms with E-state index in [4.69, 9.17) is 4.98 Å². The SMILES string of the molecule is N#Cc1cnc(NC2CCCCCCCCCC2)nc1C1CCCCCCC1. The lowest BCUT2D eigenvalue weighted by molar-refractivity contribution is 0.448. The molecule has 154 valence electrons. The first kappa shape index (κ1) is 21.1. The number of hydrogen-bond acceptors (Lipinski definition) is 4. The molecule has 1 heterocycles. The topological polar surface area (TPSA) is 61.6 Å². The van der Waals surface area contributed by atoms with Crippen LogP contribution >= 0.6 is 0 Å². The van der Waals surface area contributed by atoms with Gasteiger partial charge < -0.3 is 5.32 Å². The quantitative estimate of drug-likeness (QED) is 0.619. The fourth-order valence-electron chi connectivity index (χ4n) is 4.90. The van der Waals surface area contributed by atoms with Crippen LogP contribution in [0.1, 0.15) is 126 Å². The lowest BCUT2D eigenvalue weighted by Crippen LogP contribution is -2.22. The van der Waals surface area contributed by atoms with E-state index in [2.05, 4.69) is 16.4 Å². The van der Waals surface area contributed by atoms with Crippen molar-refractivity contribution in [3.05, 3.63) is 17.5 Å². The molecule has 2 aliphatic rings. The standard InChI is InChI=1S/C24H38N4/c25-18-21-19-26-24(28-23(21)20-14-10-6-5-7-11-15-20)27-22-16-12-8-3-1-2-4-9-13-17-22/h19-20,22H,1-17H2,(H,26,27,28).